The van der Waals surface area contributed by atoms with Crippen LogP contribution in [0.2, 0.25) is 0 Å². The number of piperidine rings is 1. The van der Waals surface area contributed by atoms with Crippen LogP contribution in [0.1, 0.15) is 44.7 Å². The highest BCUT2D eigenvalue weighted by Gasteiger charge is 2.32. The highest BCUT2D eigenvalue weighted by Crippen LogP contribution is 2.34. The van der Waals surface area contributed by atoms with Crippen LogP contribution in [0.4, 0.5) is 17.3 Å². The molecule has 200 valence electrons. The van der Waals surface area contributed by atoms with Crippen molar-refractivity contribution in [3.8, 4) is 0 Å². The van der Waals surface area contributed by atoms with Crippen LogP contribution in [0, 0.1) is 15.5 Å². The molecule has 2 aromatic carbocycles. The first-order chi connectivity index (χ1) is 18.2. The molecule has 0 radical (unpaired) electrons. The molecule has 0 aliphatic carbocycles. The van der Waals surface area contributed by atoms with Gasteiger partial charge in [-0.2, -0.15) is 0 Å². The lowest BCUT2D eigenvalue weighted by Gasteiger charge is -2.33. The number of benzene rings is 2. The van der Waals surface area contributed by atoms with Gasteiger partial charge in [0.1, 0.15) is 6.33 Å². The van der Waals surface area contributed by atoms with E-state index in [1.807, 2.05) is 65.6 Å². The van der Waals surface area contributed by atoms with Gasteiger partial charge in [0.2, 0.25) is 11.6 Å². The summed E-state index contributed by atoms with van der Waals surface area (Å²) in [5.41, 5.74) is 1.22. The number of aromatic nitrogens is 2. The Morgan fingerprint density at radius 3 is 2.24 bits per heavy atom. The molecule has 4 rings (SSSR count). The molecule has 10 nitrogen and oxygen atoms in total. The van der Waals surface area contributed by atoms with Crippen molar-refractivity contribution in [1.29, 1.82) is 0 Å². The molecule has 0 saturated carbocycles. The minimum atomic E-state index is -0.623. The van der Waals surface area contributed by atoms with E-state index in [0.29, 0.717) is 26.2 Å². The summed E-state index contributed by atoms with van der Waals surface area (Å²) in [6.45, 7) is 7.29. The smallest absolute Gasteiger partial charge is 0.353 e. The van der Waals surface area contributed by atoms with Crippen LogP contribution in [-0.4, -0.2) is 45.1 Å². The fraction of sp³-hybridized carbons (Fsp3) is 0.393. The zero-order valence-corrected chi connectivity index (χ0v) is 22.0. The average molecular weight is 519 g/mol. The number of nitrogens with zero attached hydrogens (tertiary/aromatic N) is 5. The lowest BCUT2D eigenvalue weighted by Crippen LogP contribution is -2.44. The van der Waals surface area contributed by atoms with Gasteiger partial charge >= 0.3 is 11.7 Å². The van der Waals surface area contributed by atoms with Crippen LogP contribution in [0.3, 0.4) is 0 Å². The van der Waals surface area contributed by atoms with Crippen molar-refractivity contribution in [3.63, 3.8) is 0 Å². The number of nitro groups is 1. The summed E-state index contributed by atoms with van der Waals surface area (Å²) < 4.78 is 0. The third kappa shape index (κ3) is 7.04. The number of carbonyl (C=O) groups excluding carboxylic acids is 1. The molecule has 0 amide bonds. The molecule has 1 fully saturated rings. The number of hydrogen-bond donors (Lipinski definition) is 1. The second-order valence-corrected chi connectivity index (χ2v) is 10.5. The molecule has 1 aromatic heterocycles. The maximum absolute atomic E-state index is 12.4. The predicted molar refractivity (Wildman–Crippen MR) is 145 cm³/mol. The van der Waals surface area contributed by atoms with Gasteiger partial charge in [-0.3, -0.25) is 10.1 Å². The van der Waals surface area contributed by atoms with Gasteiger partial charge in [0, 0.05) is 25.7 Å². The Morgan fingerprint density at radius 1 is 1.08 bits per heavy atom. The molecule has 1 N–H and O–H groups in total. The van der Waals surface area contributed by atoms with E-state index in [4.69, 9.17) is 4.84 Å². The Labute approximate surface area is 222 Å². The van der Waals surface area contributed by atoms with E-state index in [1.165, 1.54) is 6.33 Å². The van der Waals surface area contributed by atoms with Crippen molar-refractivity contribution < 1.29 is 14.6 Å². The van der Waals surface area contributed by atoms with Gasteiger partial charge in [0.25, 0.3) is 0 Å². The van der Waals surface area contributed by atoms with Crippen LogP contribution >= 0.6 is 0 Å². The Balaban J connectivity index is 1.60. The fourth-order valence-electron chi connectivity index (χ4n) is 4.28. The van der Waals surface area contributed by atoms with Crippen LogP contribution in [0.15, 0.2) is 67.0 Å². The number of hydroxylamine groups is 2. The first kappa shape index (κ1) is 27.0. The van der Waals surface area contributed by atoms with Gasteiger partial charge in [-0.05, 0) is 44.7 Å². The molecule has 3 aromatic rings. The fourth-order valence-corrected chi connectivity index (χ4v) is 4.28. The topological polar surface area (TPSA) is 114 Å². The van der Waals surface area contributed by atoms with Gasteiger partial charge in [0.15, 0.2) is 0 Å². The Kier molecular flexibility index (Phi) is 8.52. The molecule has 1 saturated heterocycles. The summed E-state index contributed by atoms with van der Waals surface area (Å²) in [6, 6.07) is 19.4. The molecule has 0 bridgehead atoms. The lowest BCUT2D eigenvalue weighted by molar-refractivity contribution is -0.383. The first-order valence-electron chi connectivity index (χ1n) is 12.8. The molecule has 1 atom stereocenters. The summed E-state index contributed by atoms with van der Waals surface area (Å²) in [6.07, 6.45) is 2.89. The average Bonchev–Trinajstić information content (AvgIpc) is 2.89. The number of hydrogen-bond acceptors (Lipinski definition) is 9. The van der Waals surface area contributed by atoms with Crippen molar-refractivity contribution in [2.75, 3.05) is 23.3 Å². The molecular formula is C28H34N6O4. The van der Waals surface area contributed by atoms with Crippen molar-refractivity contribution in [1.82, 2.24) is 15.0 Å². The van der Waals surface area contributed by atoms with Crippen molar-refractivity contribution in [2.45, 2.75) is 52.7 Å². The van der Waals surface area contributed by atoms with E-state index in [9.17, 15) is 14.9 Å². The number of carbonyl (C=O) groups is 1. The molecule has 1 unspecified atom stereocenters. The molecule has 2 heterocycles. The van der Waals surface area contributed by atoms with Gasteiger partial charge in [-0.25, -0.2) is 14.8 Å². The number of nitrogens with one attached hydrogen (secondary N) is 1. The molecule has 1 aliphatic rings. The Morgan fingerprint density at radius 2 is 1.68 bits per heavy atom. The maximum atomic E-state index is 12.4. The van der Waals surface area contributed by atoms with Gasteiger partial charge in [-0.15, -0.1) is 5.06 Å². The summed E-state index contributed by atoms with van der Waals surface area (Å²) in [4.78, 5) is 40.4. The van der Waals surface area contributed by atoms with E-state index in [1.54, 1.807) is 25.8 Å². The van der Waals surface area contributed by atoms with Crippen molar-refractivity contribution >= 4 is 23.3 Å². The molecule has 38 heavy (non-hydrogen) atoms. The van der Waals surface area contributed by atoms with E-state index >= 15 is 0 Å². The van der Waals surface area contributed by atoms with Crippen molar-refractivity contribution in [3.05, 3.63) is 88.2 Å². The lowest BCUT2D eigenvalue weighted by atomic mass is 9.98. The second-order valence-electron chi connectivity index (χ2n) is 10.5. The van der Waals surface area contributed by atoms with Crippen molar-refractivity contribution in [2.24, 2.45) is 5.41 Å². The zero-order chi connectivity index (χ0) is 27.1. The molecule has 10 heteroatoms. The molecule has 1 aliphatic heterocycles. The van der Waals surface area contributed by atoms with Gasteiger partial charge in [0.05, 0.1) is 16.9 Å². The Hall–Kier alpha value is -4.05. The van der Waals surface area contributed by atoms with Crippen LogP contribution in [0.25, 0.3) is 0 Å². The summed E-state index contributed by atoms with van der Waals surface area (Å²) in [5, 5.41) is 17.3. The summed E-state index contributed by atoms with van der Waals surface area (Å²) in [7, 11) is 0. The summed E-state index contributed by atoms with van der Waals surface area (Å²) in [5.74, 6) is 0.0815. The number of rotatable bonds is 9. The second kappa shape index (κ2) is 12.0. The van der Waals surface area contributed by atoms with Crippen LogP contribution in [0.5, 0.6) is 0 Å². The van der Waals surface area contributed by atoms with E-state index < -0.39 is 10.3 Å². The quantitative estimate of drug-likeness (QED) is 0.310. The molecule has 0 spiro atoms. The maximum Gasteiger partial charge on any atom is 0.353 e. The van der Waals surface area contributed by atoms with E-state index in [2.05, 4.69) is 15.3 Å². The number of anilines is 2. The van der Waals surface area contributed by atoms with Crippen LogP contribution in [-0.2, 0) is 22.7 Å². The highest BCUT2D eigenvalue weighted by atomic mass is 16.7. The Bertz CT molecular complexity index is 1190. The standard InChI is InChI=1S/C28H34N6O4/c1-28(2,3)27(35)38-33-16-10-15-23(19-33)31-25-24(34(36)37)26(30-20-29-25)32(17-21-11-6-4-7-12-21)18-22-13-8-5-9-14-22/h4-9,11-14,20,23H,10,15-19H2,1-3H3,(H,29,30,31). The third-order valence-corrected chi connectivity index (χ3v) is 6.27. The van der Waals surface area contributed by atoms with E-state index in [-0.39, 0.29) is 29.3 Å². The SMILES string of the molecule is CC(C)(C)C(=O)ON1CCCC(Nc2ncnc(N(Cc3ccccc3)Cc3ccccc3)c2[N+](=O)[O-])C1. The summed E-state index contributed by atoms with van der Waals surface area (Å²) >= 11 is 0. The third-order valence-electron chi connectivity index (χ3n) is 6.27. The van der Waals surface area contributed by atoms with Gasteiger partial charge < -0.3 is 15.1 Å². The molecular weight excluding hydrogens is 484 g/mol. The first-order valence-corrected chi connectivity index (χ1v) is 12.8. The van der Waals surface area contributed by atoms with Gasteiger partial charge in [-0.1, -0.05) is 60.7 Å². The largest absolute Gasteiger partial charge is 0.367 e. The highest BCUT2D eigenvalue weighted by molar-refractivity contribution is 5.75. The predicted octanol–water partition coefficient (Wildman–Crippen LogP) is 4.97. The van der Waals surface area contributed by atoms with E-state index in [0.717, 1.165) is 24.0 Å². The zero-order valence-electron chi connectivity index (χ0n) is 22.0. The minimum Gasteiger partial charge on any atom is -0.367 e. The monoisotopic (exact) mass is 518 g/mol. The van der Waals surface area contributed by atoms with Crippen LogP contribution < -0.4 is 10.2 Å². The minimum absolute atomic E-state index is 0.153. The normalized spacial score (nSPS) is 16.0.